The van der Waals surface area contributed by atoms with Crippen molar-refractivity contribution < 1.29 is 0 Å². The number of nitrogens with one attached hydrogen (secondary N) is 1. The number of anilines is 1. The predicted molar refractivity (Wildman–Crippen MR) is 90.2 cm³/mol. The van der Waals surface area contributed by atoms with Gasteiger partial charge in [-0.15, -0.1) is 0 Å². The van der Waals surface area contributed by atoms with E-state index in [1.54, 1.807) is 0 Å². The quantitative estimate of drug-likeness (QED) is 0.691. The molecular formula is C15H15BrClNS. The Morgan fingerprint density at radius 1 is 1.11 bits per heavy atom. The fraction of sp³-hybridized carbons (Fsp3) is 0.200. The molecule has 0 unspecified atom stereocenters. The second-order valence-corrected chi connectivity index (χ2v) is 6.51. The van der Waals surface area contributed by atoms with Gasteiger partial charge in [0.05, 0.1) is 0 Å². The molecule has 0 aliphatic heterocycles. The van der Waals surface area contributed by atoms with Crippen LogP contribution in [0.3, 0.4) is 0 Å². The Kier molecular flexibility index (Phi) is 6.08. The third kappa shape index (κ3) is 5.09. The van der Waals surface area contributed by atoms with Crippen molar-refractivity contribution >= 4 is 45.0 Å². The van der Waals surface area contributed by atoms with Gasteiger partial charge in [0.2, 0.25) is 0 Å². The highest BCUT2D eigenvalue weighted by atomic mass is 79.9. The standard InChI is InChI=1S/C15H15BrClNS/c16-13-5-3-6-14(10-13)18-8-9-19-11-12-4-1-2-7-15(12)17/h1-7,10,18H,8-9,11H2. The number of hydrogen-bond acceptors (Lipinski definition) is 2. The molecule has 19 heavy (non-hydrogen) atoms. The number of halogens is 2. The summed E-state index contributed by atoms with van der Waals surface area (Å²) in [5.41, 5.74) is 2.35. The van der Waals surface area contributed by atoms with Crippen LogP contribution in [0.15, 0.2) is 53.0 Å². The van der Waals surface area contributed by atoms with Gasteiger partial charge in [0.25, 0.3) is 0 Å². The van der Waals surface area contributed by atoms with E-state index in [4.69, 9.17) is 11.6 Å². The summed E-state index contributed by atoms with van der Waals surface area (Å²) in [7, 11) is 0. The fourth-order valence-electron chi connectivity index (χ4n) is 1.66. The van der Waals surface area contributed by atoms with E-state index in [1.165, 1.54) is 5.56 Å². The second kappa shape index (κ2) is 7.83. The van der Waals surface area contributed by atoms with Crippen molar-refractivity contribution in [3.8, 4) is 0 Å². The SMILES string of the molecule is Clc1ccccc1CSCCNc1cccc(Br)c1. The molecule has 2 aromatic carbocycles. The lowest BCUT2D eigenvalue weighted by atomic mass is 10.2. The molecular weight excluding hydrogens is 342 g/mol. The lowest BCUT2D eigenvalue weighted by Gasteiger charge is -2.07. The predicted octanol–water partition coefficient (Wildman–Crippen LogP) is 5.45. The van der Waals surface area contributed by atoms with Gasteiger partial charge in [0.1, 0.15) is 0 Å². The monoisotopic (exact) mass is 355 g/mol. The highest BCUT2D eigenvalue weighted by Gasteiger charge is 1.99. The Bertz CT molecular complexity index is 533. The minimum atomic E-state index is 0.856. The van der Waals surface area contributed by atoms with E-state index in [2.05, 4.69) is 39.4 Å². The van der Waals surface area contributed by atoms with Crippen LogP contribution < -0.4 is 5.32 Å². The first-order chi connectivity index (χ1) is 9.25. The zero-order valence-electron chi connectivity index (χ0n) is 10.4. The molecule has 1 N–H and O–H groups in total. The van der Waals surface area contributed by atoms with Gasteiger partial charge in [0, 0.05) is 33.2 Å². The maximum atomic E-state index is 6.12. The van der Waals surface area contributed by atoms with Crippen molar-refractivity contribution in [1.82, 2.24) is 0 Å². The van der Waals surface area contributed by atoms with Gasteiger partial charge in [-0.2, -0.15) is 11.8 Å². The summed E-state index contributed by atoms with van der Waals surface area (Å²) in [6, 6.07) is 16.2. The Balaban J connectivity index is 1.69. The van der Waals surface area contributed by atoms with Crippen LogP contribution in [0.2, 0.25) is 5.02 Å². The Morgan fingerprint density at radius 3 is 2.74 bits per heavy atom. The van der Waals surface area contributed by atoms with Crippen molar-refractivity contribution in [3.63, 3.8) is 0 Å². The molecule has 4 heteroatoms. The molecule has 0 radical (unpaired) electrons. The number of hydrogen-bond donors (Lipinski definition) is 1. The minimum absolute atomic E-state index is 0.856. The van der Waals surface area contributed by atoms with Gasteiger partial charge in [-0.3, -0.25) is 0 Å². The summed E-state index contributed by atoms with van der Waals surface area (Å²) < 4.78 is 1.10. The maximum absolute atomic E-state index is 6.12. The largest absolute Gasteiger partial charge is 0.384 e. The van der Waals surface area contributed by atoms with Gasteiger partial charge >= 0.3 is 0 Å². The number of rotatable bonds is 6. The van der Waals surface area contributed by atoms with Gasteiger partial charge < -0.3 is 5.32 Å². The molecule has 100 valence electrons. The first-order valence-corrected chi connectivity index (χ1v) is 8.39. The van der Waals surface area contributed by atoms with Gasteiger partial charge in [-0.1, -0.05) is 51.8 Å². The molecule has 0 fully saturated rings. The zero-order chi connectivity index (χ0) is 13.5. The average Bonchev–Trinajstić information content (AvgIpc) is 2.40. The van der Waals surface area contributed by atoms with Gasteiger partial charge in [-0.05, 0) is 29.8 Å². The molecule has 0 aromatic heterocycles. The molecule has 0 heterocycles. The number of thioether (sulfide) groups is 1. The van der Waals surface area contributed by atoms with Crippen LogP contribution in [0.4, 0.5) is 5.69 Å². The molecule has 0 amide bonds. The average molecular weight is 357 g/mol. The normalized spacial score (nSPS) is 10.4. The summed E-state index contributed by atoms with van der Waals surface area (Å²) in [6.45, 7) is 0.950. The molecule has 0 aliphatic carbocycles. The summed E-state index contributed by atoms with van der Waals surface area (Å²) in [6.07, 6.45) is 0. The molecule has 0 atom stereocenters. The topological polar surface area (TPSA) is 12.0 Å². The summed E-state index contributed by atoms with van der Waals surface area (Å²) >= 11 is 11.5. The molecule has 0 bridgehead atoms. The lowest BCUT2D eigenvalue weighted by molar-refractivity contribution is 1.22. The first-order valence-electron chi connectivity index (χ1n) is 6.06. The fourth-order valence-corrected chi connectivity index (χ4v) is 3.21. The Hall–Kier alpha value is -0.640. The minimum Gasteiger partial charge on any atom is -0.384 e. The van der Waals surface area contributed by atoms with E-state index in [0.717, 1.165) is 33.2 Å². The van der Waals surface area contributed by atoms with Crippen molar-refractivity contribution in [2.75, 3.05) is 17.6 Å². The van der Waals surface area contributed by atoms with E-state index in [-0.39, 0.29) is 0 Å². The van der Waals surface area contributed by atoms with Crippen molar-refractivity contribution in [2.24, 2.45) is 0 Å². The van der Waals surface area contributed by atoms with E-state index < -0.39 is 0 Å². The second-order valence-electron chi connectivity index (χ2n) is 4.08. The first kappa shape index (κ1) is 14.8. The van der Waals surface area contributed by atoms with Gasteiger partial charge in [0.15, 0.2) is 0 Å². The Morgan fingerprint density at radius 2 is 1.95 bits per heavy atom. The van der Waals surface area contributed by atoms with Crippen LogP contribution in [-0.4, -0.2) is 12.3 Å². The van der Waals surface area contributed by atoms with Crippen molar-refractivity contribution in [2.45, 2.75) is 5.75 Å². The molecule has 2 rings (SSSR count). The van der Waals surface area contributed by atoms with E-state index >= 15 is 0 Å². The third-order valence-corrected chi connectivity index (χ3v) is 4.49. The van der Waals surface area contributed by atoms with Gasteiger partial charge in [-0.25, -0.2) is 0 Å². The van der Waals surface area contributed by atoms with Crippen LogP contribution in [0, 0.1) is 0 Å². The molecule has 0 saturated heterocycles. The highest BCUT2D eigenvalue weighted by Crippen LogP contribution is 2.21. The van der Waals surface area contributed by atoms with Crippen LogP contribution in [-0.2, 0) is 5.75 Å². The van der Waals surface area contributed by atoms with Crippen LogP contribution in [0.1, 0.15) is 5.56 Å². The number of benzene rings is 2. The lowest BCUT2D eigenvalue weighted by Crippen LogP contribution is -2.04. The van der Waals surface area contributed by atoms with Crippen LogP contribution in [0.25, 0.3) is 0 Å². The van der Waals surface area contributed by atoms with Crippen LogP contribution in [0.5, 0.6) is 0 Å². The van der Waals surface area contributed by atoms with Crippen LogP contribution >= 0.6 is 39.3 Å². The third-order valence-electron chi connectivity index (χ3n) is 2.62. The van der Waals surface area contributed by atoms with E-state index in [9.17, 15) is 0 Å². The molecule has 0 spiro atoms. The highest BCUT2D eigenvalue weighted by molar-refractivity contribution is 9.10. The molecule has 0 saturated carbocycles. The maximum Gasteiger partial charge on any atom is 0.0446 e. The molecule has 0 aliphatic rings. The van der Waals surface area contributed by atoms with Crippen molar-refractivity contribution in [1.29, 1.82) is 0 Å². The molecule has 2 aromatic rings. The Labute approximate surface area is 131 Å². The summed E-state index contributed by atoms with van der Waals surface area (Å²) in [5.74, 6) is 2.01. The summed E-state index contributed by atoms with van der Waals surface area (Å²) in [5, 5.41) is 4.26. The van der Waals surface area contributed by atoms with E-state index in [0.29, 0.717) is 0 Å². The van der Waals surface area contributed by atoms with Crippen molar-refractivity contribution in [3.05, 3.63) is 63.6 Å². The van der Waals surface area contributed by atoms with E-state index in [1.807, 2.05) is 42.1 Å². The molecule has 1 nitrogen and oxygen atoms in total. The summed E-state index contributed by atoms with van der Waals surface area (Å²) in [4.78, 5) is 0. The zero-order valence-corrected chi connectivity index (χ0v) is 13.6. The smallest absolute Gasteiger partial charge is 0.0446 e.